The summed E-state index contributed by atoms with van der Waals surface area (Å²) in [4.78, 5) is 0. The molecule has 1 aliphatic carbocycles. The van der Waals surface area contributed by atoms with E-state index < -0.39 is 17.6 Å². The number of rotatable bonds is 6. The van der Waals surface area contributed by atoms with Crippen LogP contribution in [-0.2, 0) is 6.18 Å². The quantitative estimate of drug-likeness (QED) is 0.806. The molecule has 0 radical (unpaired) electrons. The van der Waals surface area contributed by atoms with Gasteiger partial charge in [-0.25, -0.2) is 4.39 Å². The second kappa shape index (κ2) is 5.99. The Labute approximate surface area is 115 Å². The third-order valence-corrected chi connectivity index (χ3v) is 3.21. The van der Waals surface area contributed by atoms with Crippen molar-refractivity contribution in [1.29, 1.82) is 0 Å². The first-order valence-electron chi connectivity index (χ1n) is 6.67. The molecule has 1 atom stereocenters. The molecular formula is C14H17F4NO. The number of hydrogen-bond donors (Lipinski definition) is 1. The maximum Gasteiger partial charge on any atom is 0.419 e. The van der Waals surface area contributed by atoms with Crippen LogP contribution in [0, 0.1) is 5.82 Å². The summed E-state index contributed by atoms with van der Waals surface area (Å²) in [5.74, 6) is -1.24. The zero-order valence-electron chi connectivity index (χ0n) is 11.1. The lowest BCUT2D eigenvalue weighted by atomic mass is 10.2. The third kappa shape index (κ3) is 4.10. The van der Waals surface area contributed by atoms with Crippen molar-refractivity contribution in [3.8, 4) is 5.75 Å². The van der Waals surface area contributed by atoms with Gasteiger partial charge < -0.3 is 10.1 Å². The first-order chi connectivity index (χ1) is 9.40. The minimum atomic E-state index is -4.71. The number of halogens is 4. The molecule has 0 aromatic heterocycles. The summed E-state index contributed by atoms with van der Waals surface area (Å²) in [5.41, 5.74) is -1.29. The summed E-state index contributed by atoms with van der Waals surface area (Å²) in [5, 5.41) is 3.26. The van der Waals surface area contributed by atoms with Crippen LogP contribution < -0.4 is 10.1 Å². The second-order valence-electron chi connectivity index (χ2n) is 4.97. The van der Waals surface area contributed by atoms with E-state index in [9.17, 15) is 17.6 Å². The molecule has 0 saturated heterocycles. The molecule has 1 N–H and O–H groups in total. The van der Waals surface area contributed by atoms with Gasteiger partial charge in [0.25, 0.3) is 0 Å². The topological polar surface area (TPSA) is 21.3 Å². The highest BCUT2D eigenvalue weighted by Gasteiger charge is 2.34. The molecule has 1 saturated carbocycles. The van der Waals surface area contributed by atoms with Crippen LogP contribution in [-0.4, -0.2) is 18.7 Å². The van der Waals surface area contributed by atoms with E-state index >= 15 is 0 Å². The number of nitrogens with one attached hydrogen (secondary N) is 1. The zero-order valence-corrected chi connectivity index (χ0v) is 11.1. The van der Waals surface area contributed by atoms with E-state index in [4.69, 9.17) is 4.74 Å². The smallest absolute Gasteiger partial charge is 0.419 e. The fourth-order valence-corrected chi connectivity index (χ4v) is 1.84. The van der Waals surface area contributed by atoms with Crippen molar-refractivity contribution in [3.63, 3.8) is 0 Å². The van der Waals surface area contributed by atoms with Gasteiger partial charge in [-0.2, -0.15) is 13.2 Å². The molecule has 1 fully saturated rings. The molecule has 1 aliphatic rings. The van der Waals surface area contributed by atoms with Crippen molar-refractivity contribution in [2.24, 2.45) is 0 Å². The number of alkyl halides is 3. The van der Waals surface area contributed by atoms with Crippen LogP contribution in [0.5, 0.6) is 5.75 Å². The summed E-state index contributed by atoms with van der Waals surface area (Å²) in [6.45, 7) is 2.48. The van der Waals surface area contributed by atoms with Crippen molar-refractivity contribution < 1.29 is 22.3 Å². The molecular weight excluding hydrogens is 274 g/mol. The summed E-state index contributed by atoms with van der Waals surface area (Å²) < 4.78 is 56.5. The zero-order chi connectivity index (χ0) is 14.8. The molecule has 0 spiro atoms. The third-order valence-electron chi connectivity index (χ3n) is 3.21. The Balaban J connectivity index is 2.03. The van der Waals surface area contributed by atoms with Gasteiger partial charge in [0, 0.05) is 12.6 Å². The molecule has 0 bridgehead atoms. The maximum absolute atomic E-state index is 13.2. The molecule has 20 heavy (non-hydrogen) atoms. The lowest BCUT2D eigenvalue weighted by Gasteiger charge is -2.19. The van der Waals surface area contributed by atoms with Crippen LogP contribution >= 0.6 is 0 Å². The largest absolute Gasteiger partial charge is 0.489 e. The van der Waals surface area contributed by atoms with Gasteiger partial charge in [-0.3, -0.25) is 0 Å². The Bertz CT molecular complexity index is 457. The van der Waals surface area contributed by atoms with Crippen LogP contribution in [0.1, 0.15) is 31.7 Å². The lowest BCUT2D eigenvalue weighted by molar-refractivity contribution is -0.140. The normalized spacial score (nSPS) is 17.1. The van der Waals surface area contributed by atoms with E-state index in [2.05, 4.69) is 5.32 Å². The summed E-state index contributed by atoms with van der Waals surface area (Å²) >= 11 is 0. The number of hydrogen-bond acceptors (Lipinski definition) is 2. The fourth-order valence-electron chi connectivity index (χ4n) is 1.84. The Morgan fingerprint density at radius 1 is 1.35 bits per heavy atom. The molecule has 112 valence electrons. The van der Waals surface area contributed by atoms with Gasteiger partial charge in [-0.1, -0.05) is 6.92 Å². The van der Waals surface area contributed by atoms with E-state index in [0.717, 1.165) is 25.0 Å². The molecule has 1 aromatic carbocycles. The van der Waals surface area contributed by atoms with Gasteiger partial charge >= 0.3 is 6.18 Å². The maximum atomic E-state index is 13.2. The van der Waals surface area contributed by atoms with Gasteiger partial charge in [0.1, 0.15) is 17.7 Å². The van der Waals surface area contributed by atoms with Crippen molar-refractivity contribution in [3.05, 3.63) is 29.6 Å². The lowest BCUT2D eigenvalue weighted by Crippen LogP contribution is -2.32. The summed E-state index contributed by atoms with van der Waals surface area (Å²) in [6, 6.07) is 3.24. The van der Waals surface area contributed by atoms with Crippen LogP contribution in [0.3, 0.4) is 0 Å². The van der Waals surface area contributed by atoms with Crippen LogP contribution in [0.2, 0.25) is 0 Å². The van der Waals surface area contributed by atoms with E-state index in [1.807, 2.05) is 6.92 Å². The monoisotopic (exact) mass is 291 g/mol. The first-order valence-corrected chi connectivity index (χ1v) is 6.67. The Morgan fingerprint density at radius 3 is 2.60 bits per heavy atom. The van der Waals surface area contributed by atoms with Gasteiger partial charge in [0.15, 0.2) is 0 Å². The Morgan fingerprint density at radius 2 is 2.05 bits per heavy atom. The molecule has 0 heterocycles. The van der Waals surface area contributed by atoms with Crippen molar-refractivity contribution in [2.45, 2.75) is 44.5 Å². The van der Waals surface area contributed by atoms with E-state index in [0.29, 0.717) is 19.0 Å². The average Bonchev–Trinajstić information content (AvgIpc) is 3.19. The fraction of sp³-hybridized carbons (Fsp3) is 0.571. The van der Waals surface area contributed by atoms with Crippen molar-refractivity contribution in [1.82, 2.24) is 5.32 Å². The summed E-state index contributed by atoms with van der Waals surface area (Å²) in [7, 11) is 0. The predicted octanol–water partition coefficient (Wildman–Crippen LogP) is 3.75. The standard InChI is InChI=1S/C14H17F4NO/c1-2-10(8-19-9-3-4-9)20-11-5-6-13(15)12(7-11)14(16,17)18/h5-7,9-10,19H,2-4,8H2,1H3. The second-order valence-corrected chi connectivity index (χ2v) is 4.97. The molecule has 1 unspecified atom stereocenters. The Hall–Kier alpha value is -1.30. The molecule has 0 aliphatic heterocycles. The van der Waals surface area contributed by atoms with Crippen molar-refractivity contribution in [2.75, 3.05) is 6.54 Å². The summed E-state index contributed by atoms with van der Waals surface area (Å²) in [6.07, 6.45) is -2.01. The predicted molar refractivity (Wildman–Crippen MR) is 67.1 cm³/mol. The van der Waals surface area contributed by atoms with Gasteiger partial charge in [0.05, 0.1) is 5.56 Å². The molecule has 0 amide bonds. The highest BCUT2D eigenvalue weighted by Crippen LogP contribution is 2.33. The number of ether oxygens (including phenoxy) is 1. The molecule has 2 rings (SSSR count). The van der Waals surface area contributed by atoms with Crippen molar-refractivity contribution >= 4 is 0 Å². The average molecular weight is 291 g/mol. The molecule has 2 nitrogen and oxygen atoms in total. The van der Waals surface area contributed by atoms with E-state index in [1.165, 1.54) is 6.07 Å². The Kier molecular flexibility index (Phi) is 4.52. The van der Waals surface area contributed by atoms with Gasteiger partial charge in [0.2, 0.25) is 0 Å². The van der Waals surface area contributed by atoms with Crippen LogP contribution in [0.25, 0.3) is 0 Å². The van der Waals surface area contributed by atoms with E-state index in [-0.39, 0.29) is 11.9 Å². The van der Waals surface area contributed by atoms with Crippen LogP contribution in [0.4, 0.5) is 17.6 Å². The molecule has 6 heteroatoms. The molecule has 1 aromatic rings. The van der Waals surface area contributed by atoms with Crippen LogP contribution in [0.15, 0.2) is 18.2 Å². The minimum absolute atomic E-state index is 0.0446. The number of benzene rings is 1. The SMILES string of the molecule is CCC(CNC1CC1)Oc1ccc(F)c(C(F)(F)F)c1. The minimum Gasteiger partial charge on any atom is -0.489 e. The van der Waals surface area contributed by atoms with Gasteiger partial charge in [-0.15, -0.1) is 0 Å². The highest BCUT2D eigenvalue weighted by molar-refractivity contribution is 5.31. The highest BCUT2D eigenvalue weighted by atomic mass is 19.4. The first kappa shape index (κ1) is 15.1. The van der Waals surface area contributed by atoms with E-state index in [1.54, 1.807) is 0 Å². The van der Waals surface area contributed by atoms with Gasteiger partial charge in [-0.05, 0) is 37.5 Å².